The zero-order valence-corrected chi connectivity index (χ0v) is 5.15. The topological polar surface area (TPSA) is 26.0 Å². The highest BCUT2D eigenvalue weighted by molar-refractivity contribution is 5.19. The second kappa shape index (κ2) is 4.24. The average molecular weight is 107 g/mol. The summed E-state index contributed by atoms with van der Waals surface area (Å²) in [4.78, 5) is 0. The molecule has 0 saturated heterocycles. The van der Waals surface area contributed by atoms with E-state index in [0.29, 0.717) is 0 Å². The molecule has 1 nitrogen and oxygen atoms in total. The first-order valence-electron chi connectivity index (χ1n) is 2.41. The predicted octanol–water partition coefficient (Wildman–Crippen LogP) is 0.360. The normalized spacial score (nSPS) is 6.50. The summed E-state index contributed by atoms with van der Waals surface area (Å²) in [5.74, 6) is 10.8. The molecule has 0 rings (SSSR count). The Morgan fingerprint density at radius 3 is 1.75 bits per heavy atom. The highest BCUT2D eigenvalue weighted by atomic mass is 14.6. The third-order valence-corrected chi connectivity index (χ3v) is 0.600. The minimum absolute atomic E-state index is 0.259. The minimum Gasteiger partial charge on any atom is -0.308 e. The van der Waals surface area contributed by atoms with Crippen LogP contribution in [0.5, 0.6) is 0 Å². The van der Waals surface area contributed by atoms with Gasteiger partial charge in [0.05, 0.1) is 0 Å². The van der Waals surface area contributed by atoms with Crippen molar-refractivity contribution in [1.82, 2.24) is 0 Å². The van der Waals surface area contributed by atoms with Gasteiger partial charge >= 0.3 is 0 Å². The minimum atomic E-state index is -0.259. The standard InChI is InChI=1S/C7H9N/c1-3-5-7(8)6-4-2/h7H,8H2,1-2H3. The Labute approximate surface area is 50.3 Å². The van der Waals surface area contributed by atoms with Gasteiger partial charge in [-0.3, -0.25) is 0 Å². The van der Waals surface area contributed by atoms with Gasteiger partial charge in [-0.25, -0.2) is 0 Å². The van der Waals surface area contributed by atoms with Crippen molar-refractivity contribution < 1.29 is 0 Å². The van der Waals surface area contributed by atoms with Crippen molar-refractivity contribution >= 4 is 0 Å². The first-order valence-corrected chi connectivity index (χ1v) is 2.41. The summed E-state index contributed by atoms with van der Waals surface area (Å²) in [5, 5.41) is 0. The summed E-state index contributed by atoms with van der Waals surface area (Å²) in [6.07, 6.45) is 0. The fraction of sp³-hybridized carbons (Fsp3) is 0.429. The maximum Gasteiger partial charge on any atom is 0.128 e. The van der Waals surface area contributed by atoms with E-state index in [0.717, 1.165) is 0 Å². The Balaban J connectivity index is 3.71. The first-order chi connectivity index (χ1) is 3.81. The zero-order valence-electron chi connectivity index (χ0n) is 5.15. The molecule has 0 amide bonds. The van der Waals surface area contributed by atoms with Gasteiger partial charge in [0.1, 0.15) is 6.04 Å². The molecule has 0 aromatic heterocycles. The Bertz CT molecular complexity index is 140. The lowest BCUT2D eigenvalue weighted by molar-refractivity contribution is 1.11. The van der Waals surface area contributed by atoms with Gasteiger partial charge in [0.25, 0.3) is 0 Å². The van der Waals surface area contributed by atoms with Crippen LogP contribution in [-0.4, -0.2) is 6.04 Å². The third kappa shape index (κ3) is 3.28. The molecule has 0 aromatic carbocycles. The molecule has 0 spiro atoms. The number of nitrogens with two attached hydrogens (primary N) is 1. The van der Waals surface area contributed by atoms with Crippen molar-refractivity contribution in [2.24, 2.45) is 5.73 Å². The number of hydrogen-bond donors (Lipinski definition) is 1. The van der Waals surface area contributed by atoms with Gasteiger partial charge in [-0.1, -0.05) is 11.8 Å². The lowest BCUT2D eigenvalue weighted by Gasteiger charge is -1.85. The molecule has 1 heteroatoms. The van der Waals surface area contributed by atoms with Gasteiger partial charge in [0, 0.05) is 0 Å². The van der Waals surface area contributed by atoms with Gasteiger partial charge in [0.2, 0.25) is 0 Å². The van der Waals surface area contributed by atoms with Crippen molar-refractivity contribution in [3.8, 4) is 23.7 Å². The molecule has 8 heavy (non-hydrogen) atoms. The van der Waals surface area contributed by atoms with Crippen LogP contribution in [0, 0.1) is 23.7 Å². The highest BCUT2D eigenvalue weighted by Crippen LogP contribution is 1.67. The van der Waals surface area contributed by atoms with Crippen LogP contribution in [0.3, 0.4) is 0 Å². The average Bonchev–Trinajstić information content (AvgIpc) is 1.68. The summed E-state index contributed by atoms with van der Waals surface area (Å²) in [7, 11) is 0. The van der Waals surface area contributed by atoms with Gasteiger partial charge in [-0.05, 0) is 13.8 Å². The number of hydrogen-bond acceptors (Lipinski definition) is 1. The van der Waals surface area contributed by atoms with Crippen molar-refractivity contribution in [2.45, 2.75) is 19.9 Å². The second-order valence-corrected chi connectivity index (χ2v) is 1.27. The zero-order chi connectivity index (χ0) is 6.41. The van der Waals surface area contributed by atoms with Crippen LogP contribution in [0.4, 0.5) is 0 Å². The molecular weight excluding hydrogens is 98.1 g/mol. The van der Waals surface area contributed by atoms with Crippen molar-refractivity contribution in [3.63, 3.8) is 0 Å². The summed E-state index contributed by atoms with van der Waals surface area (Å²) in [5.41, 5.74) is 5.35. The Morgan fingerprint density at radius 2 is 1.50 bits per heavy atom. The van der Waals surface area contributed by atoms with E-state index in [1.54, 1.807) is 13.8 Å². The van der Waals surface area contributed by atoms with E-state index in [1.165, 1.54) is 0 Å². The van der Waals surface area contributed by atoms with Crippen molar-refractivity contribution in [2.75, 3.05) is 0 Å². The van der Waals surface area contributed by atoms with E-state index in [4.69, 9.17) is 5.73 Å². The molecular formula is C7H9N. The molecule has 0 aliphatic heterocycles. The maximum atomic E-state index is 5.35. The molecule has 0 aliphatic rings. The lowest BCUT2D eigenvalue weighted by Crippen LogP contribution is -2.13. The van der Waals surface area contributed by atoms with E-state index in [1.807, 2.05) is 0 Å². The molecule has 0 atom stereocenters. The molecule has 0 aliphatic carbocycles. The molecule has 0 radical (unpaired) electrons. The Morgan fingerprint density at radius 1 is 1.12 bits per heavy atom. The second-order valence-electron chi connectivity index (χ2n) is 1.27. The van der Waals surface area contributed by atoms with Crippen LogP contribution < -0.4 is 5.73 Å². The first kappa shape index (κ1) is 7.08. The van der Waals surface area contributed by atoms with Gasteiger partial charge in [-0.15, -0.1) is 11.8 Å². The molecule has 42 valence electrons. The monoisotopic (exact) mass is 107 g/mol. The van der Waals surface area contributed by atoms with Crippen molar-refractivity contribution in [3.05, 3.63) is 0 Å². The van der Waals surface area contributed by atoms with Gasteiger partial charge in [-0.2, -0.15) is 0 Å². The molecule has 0 saturated carbocycles. The quantitative estimate of drug-likeness (QED) is 0.444. The Kier molecular flexibility index (Phi) is 3.76. The van der Waals surface area contributed by atoms with Crippen LogP contribution >= 0.6 is 0 Å². The van der Waals surface area contributed by atoms with Crippen molar-refractivity contribution in [1.29, 1.82) is 0 Å². The molecule has 0 heterocycles. The van der Waals surface area contributed by atoms with E-state index in [9.17, 15) is 0 Å². The fourth-order valence-electron chi connectivity index (χ4n) is 0.347. The largest absolute Gasteiger partial charge is 0.308 e. The summed E-state index contributed by atoms with van der Waals surface area (Å²) in [6.45, 7) is 3.49. The van der Waals surface area contributed by atoms with E-state index in [-0.39, 0.29) is 6.04 Å². The van der Waals surface area contributed by atoms with Crippen LogP contribution in [-0.2, 0) is 0 Å². The van der Waals surface area contributed by atoms with E-state index < -0.39 is 0 Å². The number of rotatable bonds is 0. The van der Waals surface area contributed by atoms with E-state index >= 15 is 0 Å². The summed E-state index contributed by atoms with van der Waals surface area (Å²) < 4.78 is 0. The van der Waals surface area contributed by atoms with Crippen LogP contribution in [0.25, 0.3) is 0 Å². The maximum absolute atomic E-state index is 5.35. The SMILES string of the molecule is CC#CC(N)C#CC. The molecule has 0 unspecified atom stereocenters. The summed E-state index contributed by atoms with van der Waals surface area (Å²) in [6, 6.07) is -0.259. The molecule has 0 aromatic rings. The lowest BCUT2D eigenvalue weighted by atomic mass is 10.3. The van der Waals surface area contributed by atoms with Crippen LogP contribution in [0.15, 0.2) is 0 Å². The molecule has 0 bridgehead atoms. The highest BCUT2D eigenvalue weighted by Gasteiger charge is 1.82. The van der Waals surface area contributed by atoms with Gasteiger partial charge < -0.3 is 5.73 Å². The molecule has 2 N–H and O–H groups in total. The van der Waals surface area contributed by atoms with Crippen LogP contribution in [0.2, 0.25) is 0 Å². The fourth-order valence-corrected chi connectivity index (χ4v) is 0.347. The molecule has 0 fully saturated rings. The predicted molar refractivity (Wildman–Crippen MR) is 34.9 cm³/mol. The Hall–Kier alpha value is -0.920. The van der Waals surface area contributed by atoms with Crippen LogP contribution in [0.1, 0.15) is 13.8 Å². The van der Waals surface area contributed by atoms with Gasteiger partial charge in [0.15, 0.2) is 0 Å². The third-order valence-electron chi connectivity index (χ3n) is 0.600. The van der Waals surface area contributed by atoms with E-state index in [2.05, 4.69) is 23.7 Å². The summed E-state index contributed by atoms with van der Waals surface area (Å²) >= 11 is 0. The smallest absolute Gasteiger partial charge is 0.128 e.